The second-order valence-corrected chi connectivity index (χ2v) is 8.22. The summed E-state index contributed by atoms with van der Waals surface area (Å²) >= 11 is 0. The molecule has 2 aliphatic rings. The smallest absolute Gasteiger partial charge is 0.0593 e. The lowest BCUT2D eigenvalue weighted by molar-refractivity contribution is -0.0101. The Hall–Kier alpha value is -0.120. The van der Waals surface area contributed by atoms with E-state index >= 15 is 0 Å². The first-order chi connectivity index (χ1) is 9.94. The molecule has 1 saturated heterocycles. The zero-order valence-corrected chi connectivity index (χ0v) is 14.7. The van der Waals surface area contributed by atoms with E-state index in [2.05, 4.69) is 37.9 Å². The summed E-state index contributed by atoms with van der Waals surface area (Å²) < 4.78 is 5.85. The van der Waals surface area contributed by atoms with Crippen molar-refractivity contribution in [1.82, 2.24) is 10.2 Å². The van der Waals surface area contributed by atoms with E-state index in [1.54, 1.807) is 0 Å². The molecule has 0 aromatic heterocycles. The highest BCUT2D eigenvalue weighted by Crippen LogP contribution is 2.34. The van der Waals surface area contributed by atoms with Gasteiger partial charge in [0.2, 0.25) is 0 Å². The van der Waals surface area contributed by atoms with Crippen LogP contribution in [-0.4, -0.2) is 48.8 Å². The van der Waals surface area contributed by atoms with Crippen LogP contribution in [0.25, 0.3) is 0 Å². The number of piperazine rings is 1. The average Bonchev–Trinajstić information content (AvgIpc) is 2.43. The molecule has 1 aliphatic carbocycles. The van der Waals surface area contributed by atoms with Gasteiger partial charge in [-0.1, -0.05) is 33.1 Å². The quantitative estimate of drug-likeness (QED) is 0.760. The van der Waals surface area contributed by atoms with Crippen LogP contribution in [0, 0.1) is 5.92 Å². The van der Waals surface area contributed by atoms with Crippen LogP contribution >= 0.6 is 0 Å². The van der Waals surface area contributed by atoms with Crippen molar-refractivity contribution in [3.8, 4) is 0 Å². The molecule has 3 nitrogen and oxygen atoms in total. The molecule has 1 spiro atoms. The van der Waals surface area contributed by atoms with Gasteiger partial charge in [0.15, 0.2) is 0 Å². The van der Waals surface area contributed by atoms with E-state index in [9.17, 15) is 0 Å². The summed E-state index contributed by atoms with van der Waals surface area (Å²) in [6.45, 7) is 14.4. The van der Waals surface area contributed by atoms with Crippen LogP contribution in [0.4, 0.5) is 0 Å². The standard InChI is InChI=1S/C18H36N2O/c1-16(2)8-12-21-13-11-20-15-18(9-6-5-7-10-18)19-14-17(20,3)4/h16,19H,5-15H2,1-4H3. The molecule has 0 bridgehead atoms. The summed E-state index contributed by atoms with van der Waals surface area (Å²) in [5, 5.41) is 3.89. The Kier molecular flexibility index (Phi) is 6.10. The zero-order chi connectivity index (χ0) is 15.3. The molecule has 3 heteroatoms. The Morgan fingerprint density at radius 1 is 1.10 bits per heavy atom. The predicted octanol–water partition coefficient (Wildman–Crippen LogP) is 3.44. The fraction of sp³-hybridized carbons (Fsp3) is 1.00. The number of nitrogens with zero attached hydrogens (tertiary/aromatic N) is 1. The minimum absolute atomic E-state index is 0.254. The van der Waals surface area contributed by atoms with E-state index in [1.165, 1.54) is 45.1 Å². The highest BCUT2D eigenvalue weighted by atomic mass is 16.5. The lowest BCUT2D eigenvalue weighted by Crippen LogP contribution is -2.68. The van der Waals surface area contributed by atoms with Crippen molar-refractivity contribution in [2.24, 2.45) is 5.92 Å². The average molecular weight is 296 g/mol. The fourth-order valence-electron chi connectivity index (χ4n) is 3.69. The minimum Gasteiger partial charge on any atom is -0.380 e. The molecule has 2 fully saturated rings. The summed E-state index contributed by atoms with van der Waals surface area (Å²) in [6, 6.07) is 0. The van der Waals surface area contributed by atoms with Gasteiger partial charge in [0, 0.05) is 37.3 Å². The Morgan fingerprint density at radius 2 is 1.81 bits per heavy atom. The third kappa shape index (κ3) is 4.94. The maximum atomic E-state index is 5.85. The van der Waals surface area contributed by atoms with Crippen LogP contribution in [0.2, 0.25) is 0 Å². The molecule has 0 aromatic rings. The zero-order valence-electron chi connectivity index (χ0n) is 14.7. The number of rotatable bonds is 6. The van der Waals surface area contributed by atoms with Gasteiger partial charge in [-0.2, -0.15) is 0 Å². The van der Waals surface area contributed by atoms with Crippen molar-refractivity contribution in [1.29, 1.82) is 0 Å². The molecule has 0 unspecified atom stereocenters. The first-order valence-corrected chi connectivity index (χ1v) is 9.01. The molecule has 0 amide bonds. The van der Waals surface area contributed by atoms with Crippen molar-refractivity contribution >= 4 is 0 Å². The molecule has 0 atom stereocenters. The van der Waals surface area contributed by atoms with Crippen molar-refractivity contribution in [3.05, 3.63) is 0 Å². The molecule has 2 rings (SSSR count). The van der Waals surface area contributed by atoms with Gasteiger partial charge in [-0.3, -0.25) is 4.90 Å². The van der Waals surface area contributed by atoms with E-state index in [-0.39, 0.29) is 5.54 Å². The van der Waals surface area contributed by atoms with Crippen molar-refractivity contribution in [3.63, 3.8) is 0 Å². The lowest BCUT2D eigenvalue weighted by Gasteiger charge is -2.53. The molecular weight excluding hydrogens is 260 g/mol. The van der Waals surface area contributed by atoms with Crippen molar-refractivity contribution in [2.45, 2.75) is 77.3 Å². The summed E-state index contributed by atoms with van der Waals surface area (Å²) in [4.78, 5) is 2.67. The van der Waals surface area contributed by atoms with Gasteiger partial charge in [-0.15, -0.1) is 0 Å². The molecule has 1 N–H and O–H groups in total. The molecule has 0 radical (unpaired) electrons. The SMILES string of the molecule is CC(C)CCOCCN1CC2(CCCCC2)NCC1(C)C. The van der Waals surface area contributed by atoms with Gasteiger partial charge >= 0.3 is 0 Å². The van der Waals surface area contributed by atoms with Crippen LogP contribution in [0.15, 0.2) is 0 Å². The first kappa shape index (κ1) is 17.2. The highest BCUT2D eigenvalue weighted by Gasteiger charge is 2.42. The monoisotopic (exact) mass is 296 g/mol. The van der Waals surface area contributed by atoms with Gasteiger partial charge in [0.1, 0.15) is 0 Å². The minimum atomic E-state index is 0.254. The Labute approximate surface area is 131 Å². The van der Waals surface area contributed by atoms with Crippen LogP contribution in [0.5, 0.6) is 0 Å². The molecule has 1 aliphatic heterocycles. The van der Waals surface area contributed by atoms with Gasteiger partial charge in [0.05, 0.1) is 6.61 Å². The van der Waals surface area contributed by atoms with E-state index in [0.29, 0.717) is 5.54 Å². The van der Waals surface area contributed by atoms with Crippen LogP contribution in [-0.2, 0) is 4.74 Å². The van der Waals surface area contributed by atoms with Crippen molar-refractivity contribution < 1.29 is 4.74 Å². The summed E-state index contributed by atoms with van der Waals surface area (Å²) in [5.41, 5.74) is 0.649. The van der Waals surface area contributed by atoms with Crippen LogP contribution < -0.4 is 5.32 Å². The van der Waals surface area contributed by atoms with Crippen molar-refractivity contribution in [2.75, 3.05) is 32.8 Å². The maximum absolute atomic E-state index is 5.85. The molecule has 124 valence electrons. The highest BCUT2D eigenvalue weighted by molar-refractivity contribution is 5.02. The van der Waals surface area contributed by atoms with E-state index in [0.717, 1.165) is 32.2 Å². The summed E-state index contributed by atoms with van der Waals surface area (Å²) in [6.07, 6.45) is 8.10. The lowest BCUT2D eigenvalue weighted by atomic mass is 9.78. The molecule has 0 aromatic carbocycles. The van der Waals surface area contributed by atoms with Crippen LogP contribution in [0.1, 0.15) is 66.2 Å². The number of ether oxygens (including phenoxy) is 1. The molecular formula is C18H36N2O. The Morgan fingerprint density at radius 3 is 2.48 bits per heavy atom. The van der Waals surface area contributed by atoms with E-state index < -0.39 is 0 Å². The second-order valence-electron chi connectivity index (χ2n) is 8.22. The molecule has 1 heterocycles. The van der Waals surface area contributed by atoms with E-state index in [1.807, 2.05) is 0 Å². The number of hydrogen-bond acceptors (Lipinski definition) is 3. The van der Waals surface area contributed by atoms with Gasteiger partial charge < -0.3 is 10.1 Å². The largest absolute Gasteiger partial charge is 0.380 e. The third-order valence-corrected chi connectivity index (χ3v) is 5.40. The summed E-state index contributed by atoms with van der Waals surface area (Å²) in [7, 11) is 0. The normalized spacial score (nSPS) is 25.6. The number of nitrogens with one attached hydrogen (secondary N) is 1. The topological polar surface area (TPSA) is 24.5 Å². The van der Waals surface area contributed by atoms with E-state index in [4.69, 9.17) is 4.74 Å². The fourth-order valence-corrected chi connectivity index (χ4v) is 3.69. The van der Waals surface area contributed by atoms with Crippen LogP contribution in [0.3, 0.4) is 0 Å². The molecule has 21 heavy (non-hydrogen) atoms. The van der Waals surface area contributed by atoms with Gasteiger partial charge in [-0.25, -0.2) is 0 Å². The Bertz CT molecular complexity index is 308. The van der Waals surface area contributed by atoms with Gasteiger partial charge in [-0.05, 0) is 39.0 Å². The maximum Gasteiger partial charge on any atom is 0.0593 e. The molecule has 1 saturated carbocycles. The second kappa shape index (κ2) is 7.43. The van der Waals surface area contributed by atoms with Gasteiger partial charge in [0.25, 0.3) is 0 Å². The summed E-state index contributed by atoms with van der Waals surface area (Å²) in [5.74, 6) is 0.742. The third-order valence-electron chi connectivity index (χ3n) is 5.40. The Balaban J connectivity index is 1.80. The predicted molar refractivity (Wildman–Crippen MR) is 89.7 cm³/mol. The number of hydrogen-bond donors (Lipinski definition) is 1. The first-order valence-electron chi connectivity index (χ1n) is 9.01.